The Morgan fingerprint density at radius 3 is 2.41 bits per heavy atom. The van der Waals surface area contributed by atoms with E-state index in [1.165, 1.54) is 27.8 Å². The zero-order valence-electron chi connectivity index (χ0n) is 14.7. The summed E-state index contributed by atoms with van der Waals surface area (Å²) in [4.78, 5) is 24.0. The predicted molar refractivity (Wildman–Crippen MR) is 104 cm³/mol. The third-order valence-corrected chi connectivity index (χ3v) is 6.86. The minimum atomic E-state index is -3.46. The Morgan fingerprint density at radius 1 is 1.07 bits per heavy atom. The van der Waals surface area contributed by atoms with E-state index in [0.717, 1.165) is 12.8 Å². The summed E-state index contributed by atoms with van der Waals surface area (Å²) in [6.07, 6.45) is 1.90. The van der Waals surface area contributed by atoms with Crippen LogP contribution >= 0.6 is 11.3 Å². The fourth-order valence-electron chi connectivity index (χ4n) is 2.80. The van der Waals surface area contributed by atoms with Gasteiger partial charge in [0.15, 0.2) is 0 Å². The van der Waals surface area contributed by atoms with E-state index >= 15 is 0 Å². The molecular weight excluding hydrogens is 386 g/mol. The van der Waals surface area contributed by atoms with Crippen molar-refractivity contribution in [3.8, 4) is 0 Å². The van der Waals surface area contributed by atoms with Crippen molar-refractivity contribution in [2.24, 2.45) is 0 Å². The van der Waals surface area contributed by atoms with E-state index < -0.39 is 10.0 Å². The van der Waals surface area contributed by atoms with Crippen molar-refractivity contribution in [3.05, 3.63) is 46.7 Å². The van der Waals surface area contributed by atoms with Gasteiger partial charge in [0.25, 0.3) is 5.91 Å². The summed E-state index contributed by atoms with van der Waals surface area (Å²) in [7, 11) is -3.46. The van der Waals surface area contributed by atoms with Gasteiger partial charge in [-0.2, -0.15) is 15.6 Å². The summed E-state index contributed by atoms with van der Waals surface area (Å²) in [5, 5.41) is 8.94. The van der Waals surface area contributed by atoms with Gasteiger partial charge in [-0.15, -0.1) is 0 Å². The summed E-state index contributed by atoms with van der Waals surface area (Å²) < 4.78 is 26.4. The van der Waals surface area contributed by atoms with Crippen molar-refractivity contribution >= 4 is 38.9 Å². The zero-order valence-corrected chi connectivity index (χ0v) is 16.3. The average Bonchev–Trinajstić information content (AvgIpc) is 3.36. The maximum atomic E-state index is 12.5. The van der Waals surface area contributed by atoms with Crippen LogP contribution in [0.15, 0.2) is 46.0 Å². The molecule has 1 aromatic heterocycles. The fraction of sp³-hybridized carbons (Fsp3) is 0.333. The van der Waals surface area contributed by atoms with Crippen LogP contribution in [0.3, 0.4) is 0 Å². The van der Waals surface area contributed by atoms with Gasteiger partial charge in [-0.25, -0.2) is 8.42 Å². The fourth-order valence-corrected chi connectivity index (χ4v) is 4.95. The summed E-state index contributed by atoms with van der Waals surface area (Å²) in [6, 6.07) is 7.87. The topological polar surface area (TPSA) is 95.6 Å². The Labute approximate surface area is 162 Å². The second-order valence-corrected chi connectivity index (χ2v) is 8.92. The lowest BCUT2D eigenvalue weighted by atomic mass is 10.3. The lowest BCUT2D eigenvalue weighted by molar-refractivity contribution is -0.116. The van der Waals surface area contributed by atoms with E-state index in [-0.39, 0.29) is 29.7 Å². The molecule has 1 saturated heterocycles. The molecule has 27 heavy (non-hydrogen) atoms. The summed E-state index contributed by atoms with van der Waals surface area (Å²) in [6.45, 7) is 1.33. The lowest BCUT2D eigenvalue weighted by Gasteiger charge is -2.15. The highest BCUT2D eigenvalue weighted by Gasteiger charge is 2.26. The summed E-state index contributed by atoms with van der Waals surface area (Å²) >= 11 is 1.43. The average molecular weight is 408 g/mol. The number of hydrogen-bond donors (Lipinski definition) is 2. The molecule has 1 aliphatic rings. The number of benzene rings is 1. The van der Waals surface area contributed by atoms with Crippen LogP contribution in [0.5, 0.6) is 0 Å². The molecule has 3 rings (SSSR count). The van der Waals surface area contributed by atoms with Crippen molar-refractivity contribution < 1.29 is 18.0 Å². The van der Waals surface area contributed by atoms with Crippen LogP contribution in [0, 0.1) is 0 Å². The van der Waals surface area contributed by atoms with Crippen molar-refractivity contribution in [1.82, 2.24) is 9.62 Å². The smallest absolute Gasteiger partial charge is 0.252 e. The van der Waals surface area contributed by atoms with Crippen LogP contribution in [-0.4, -0.2) is 44.2 Å². The highest BCUT2D eigenvalue weighted by molar-refractivity contribution is 7.89. The summed E-state index contributed by atoms with van der Waals surface area (Å²) in [5.74, 6) is -0.462. The number of anilines is 1. The van der Waals surface area contributed by atoms with Gasteiger partial charge in [0.05, 0.1) is 4.90 Å². The molecule has 2 heterocycles. The lowest BCUT2D eigenvalue weighted by Crippen LogP contribution is -2.28. The van der Waals surface area contributed by atoms with Crippen LogP contribution in [0.1, 0.15) is 29.6 Å². The van der Waals surface area contributed by atoms with Crippen LogP contribution in [-0.2, 0) is 14.8 Å². The molecule has 0 aliphatic carbocycles. The molecule has 0 saturated carbocycles. The Morgan fingerprint density at radius 2 is 1.78 bits per heavy atom. The Hall–Kier alpha value is -2.23. The number of rotatable bonds is 7. The maximum absolute atomic E-state index is 12.5. The molecule has 1 aliphatic heterocycles. The number of thiophene rings is 1. The third-order valence-electron chi connectivity index (χ3n) is 4.26. The minimum Gasteiger partial charge on any atom is -0.351 e. The van der Waals surface area contributed by atoms with Crippen molar-refractivity contribution in [1.29, 1.82) is 0 Å². The Balaban J connectivity index is 1.49. The van der Waals surface area contributed by atoms with E-state index in [4.69, 9.17) is 0 Å². The first-order valence-corrected chi connectivity index (χ1v) is 11.1. The zero-order chi connectivity index (χ0) is 19.3. The van der Waals surface area contributed by atoms with E-state index in [1.54, 1.807) is 23.6 Å². The second-order valence-electron chi connectivity index (χ2n) is 6.20. The van der Waals surface area contributed by atoms with Gasteiger partial charge < -0.3 is 10.6 Å². The molecule has 144 valence electrons. The highest BCUT2D eigenvalue weighted by atomic mass is 32.2. The van der Waals surface area contributed by atoms with E-state index in [0.29, 0.717) is 24.3 Å². The molecule has 0 radical (unpaired) electrons. The largest absolute Gasteiger partial charge is 0.351 e. The van der Waals surface area contributed by atoms with Crippen LogP contribution < -0.4 is 10.6 Å². The van der Waals surface area contributed by atoms with Gasteiger partial charge in [-0.3, -0.25) is 9.59 Å². The van der Waals surface area contributed by atoms with Gasteiger partial charge >= 0.3 is 0 Å². The molecular formula is C18H21N3O4S2. The first-order chi connectivity index (χ1) is 13.0. The molecule has 1 aromatic carbocycles. The number of sulfonamides is 1. The van der Waals surface area contributed by atoms with Gasteiger partial charge in [0.2, 0.25) is 15.9 Å². The second kappa shape index (κ2) is 8.64. The molecule has 2 amide bonds. The van der Waals surface area contributed by atoms with E-state index in [1.807, 2.05) is 5.38 Å². The molecule has 0 atom stereocenters. The number of carbonyl (C=O) groups excluding carboxylic acids is 2. The Kier molecular flexibility index (Phi) is 6.25. The van der Waals surface area contributed by atoms with Crippen molar-refractivity contribution in [2.45, 2.75) is 24.2 Å². The first kappa shape index (κ1) is 19.5. The van der Waals surface area contributed by atoms with Crippen LogP contribution in [0.25, 0.3) is 0 Å². The number of nitrogens with zero attached hydrogens (tertiary/aromatic N) is 1. The van der Waals surface area contributed by atoms with Crippen molar-refractivity contribution in [2.75, 3.05) is 25.0 Å². The molecule has 2 N–H and O–H groups in total. The molecule has 1 fully saturated rings. The minimum absolute atomic E-state index is 0.129. The third kappa shape index (κ3) is 4.94. The SMILES string of the molecule is O=C(CCNC(=O)c1ccsc1)Nc1ccc(S(=O)(=O)N2CCCC2)cc1. The number of nitrogens with one attached hydrogen (secondary N) is 2. The van der Waals surface area contributed by atoms with E-state index in [9.17, 15) is 18.0 Å². The molecule has 0 bridgehead atoms. The molecule has 7 nitrogen and oxygen atoms in total. The van der Waals surface area contributed by atoms with Gasteiger partial charge in [-0.05, 0) is 48.6 Å². The van der Waals surface area contributed by atoms with E-state index in [2.05, 4.69) is 10.6 Å². The molecule has 9 heteroatoms. The predicted octanol–water partition coefficient (Wildman–Crippen LogP) is 2.29. The maximum Gasteiger partial charge on any atom is 0.252 e. The monoisotopic (exact) mass is 407 g/mol. The molecule has 0 unspecified atom stereocenters. The quantitative estimate of drug-likeness (QED) is 0.736. The van der Waals surface area contributed by atoms with Crippen molar-refractivity contribution in [3.63, 3.8) is 0 Å². The number of carbonyl (C=O) groups is 2. The standard InChI is InChI=1S/C18H21N3O4S2/c22-17(7-9-19-18(23)14-8-12-26-13-14)20-15-3-5-16(6-4-15)27(24,25)21-10-1-2-11-21/h3-6,8,12-13H,1-2,7,9-11H2,(H,19,23)(H,20,22). The highest BCUT2D eigenvalue weighted by Crippen LogP contribution is 2.22. The Bertz CT molecular complexity index is 887. The van der Waals surface area contributed by atoms with Gasteiger partial charge in [0.1, 0.15) is 0 Å². The van der Waals surface area contributed by atoms with Crippen LogP contribution in [0.4, 0.5) is 5.69 Å². The molecule has 0 spiro atoms. The first-order valence-electron chi connectivity index (χ1n) is 8.67. The number of amides is 2. The molecule has 2 aromatic rings. The van der Waals surface area contributed by atoms with Gasteiger partial charge in [0, 0.05) is 42.7 Å². The van der Waals surface area contributed by atoms with Gasteiger partial charge in [-0.1, -0.05) is 0 Å². The van der Waals surface area contributed by atoms with Crippen LogP contribution in [0.2, 0.25) is 0 Å². The summed E-state index contributed by atoms with van der Waals surface area (Å²) in [5.41, 5.74) is 1.10. The number of hydrogen-bond acceptors (Lipinski definition) is 5. The normalized spacial score (nSPS) is 14.8.